The number of nitrogens with one attached hydrogen (secondary N) is 1. The molecule has 0 saturated heterocycles. The standard InChI is InChI=1S/C14H26N2OS/c1-4-12(14(17)13-8-7-11-18-13)15-9-10-16(5-2)6-3/h7-8,11-12,14-15,17H,4-6,9-10H2,1-3H3. The number of aliphatic hydroxyl groups is 1. The molecule has 2 atom stereocenters. The molecule has 2 N–H and O–H groups in total. The first-order valence-electron chi connectivity index (χ1n) is 6.90. The summed E-state index contributed by atoms with van der Waals surface area (Å²) >= 11 is 1.62. The topological polar surface area (TPSA) is 35.5 Å². The summed E-state index contributed by atoms with van der Waals surface area (Å²) in [5.41, 5.74) is 0. The molecule has 0 bridgehead atoms. The predicted octanol–water partition coefficient (Wildman–Crippen LogP) is 2.49. The minimum Gasteiger partial charge on any atom is -0.386 e. The van der Waals surface area contributed by atoms with Gasteiger partial charge < -0.3 is 15.3 Å². The highest BCUT2D eigenvalue weighted by molar-refractivity contribution is 7.10. The molecule has 1 aromatic rings. The van der Waals surface area contributed by atoms with Crippen LogP contribution in [0.1, 0.15) is 38.2 Å². The molecule has 0 aliphatic rings. The number of hydrogen-bond acceptors (Lipinski definition) is 4. The van der Waals surface area contributed by atoms with Gasteiger partial charge in [0.25, 0.3) is 0 Å². The lowest BCUT2D eigenvalue weighted by atomic mass is 10.1. The van der Waals surface area contributed by atoms with Crippen LogP contribution < -0.4 is 5.32 Å². The zero-order valence-electron chi connectivity index (χ0n) is 11.7. The van der Waals surface area contributed by atoms with Gasteiger partial charge in [-0.2, -0.15) is 0 Å². The minimum absolute atomic E-state index is 0.152. The number of hydrogen-bond donors (Lipinski definition) is 2. The van der Waals surface area contributed by atoms with E-state index in [2.05, 4.69) is 31.0 Å². The fourth-order valence-corrected chi connectivity index (χ4v) is 2.86. The second-order valence-electron chi connectivity index (χ2n) is 4.46. The van der Waals surface area contributed by atoms with E-state index in [9.17, 15) is 5.11 Å². The molecule has 0 amide bonds. The van der Waals surface area contributed by atoms with E-state index in [1.165, 1.54) is 0 Å². The fraction of sp³-hybridized carbons (Fsp3) is 0.714. The fourth-order valence-electron chi connectivity index (χ4n) is 2.08. The van der Waals surface area contributed by atoms with E-state index in [-0.39, 0.29) is 12.1 Å². The van der Waals surface area contributed by atoms with Crippen LogP contribution >= 0.6 is 11.3 Å². The van der Waals surface area contributed by atoms with Gasteiger partial charge in [-0.05, 0) is 31.0 Å². The van der Waals surface area contributed by atoms with Gasteiger partial charge in [0.15, 0.2) is 0 Å². The molecule has 1 rings (SSSR count). The van der Waals surface area contributed by atoms with Crippen molar-refractivity contribution >= 4 is 11.3 Å². The van der Waals surface area contributed by atoms with Crippen molar-refractivity contribution in [3.63, 3.8) is 0 Å². The first-order chi connectivity index (χ1) is 8.72. The van der Waals surface area contributed by atoms with Crippen LogP contribution in [0.4, 0.5) is 0 Å². The number of nitrogens with zero attached hydrogens (tertiary/aromatic N) is 1. The zero-order valence-corrected chi connectivity index (χ0v) is 12.5. The molecule has 104 valence electrons. The van der Waals surface area contributed by atoms with Crippen molar-refractivity contribution in [2.45, 2.75) is 39.3 Å². The van der Waals surface area contributed by atoms with E-state index in [0.717, 1.165) is 37.5 Å². The molecule has 18 heavy (non-hydrogen) atoms. The molecule has 0 radical (unpaired) electrons. The summed E-state index contributed by atoms with van der Waals surface area (Å²) in [6, 6.07) is 4.15. The van der Waals surface area contributed by atoms with Crippen LogP contribution in [-0.2, 0) is 0 Å². The Labute approximate surface area is 115 Å². The summed E-state index contributed by atoms with van der Waals surface area (Å²) in [4.78, 5) is 3.44. The molecule has 0 fully saturated rings. The Hall–Kier alpha value is -0.420. The Morgan fingerprint density at radius 1 is 1.33 bits per heavy atom. The van der Waals surface area contributed by atoms with Crippen molar-refractivity contribution in [2.75, 3.05) is 26.2 Å². The molecular weight excluding hydrogens is 244 g/mol. The van der Waals surface area contributed by atoms with Crippen LogP contribution in [0.5, 0.6) is 0 Å². The van der Waals surface area contributed by atoms with Crippen LogP contribution in [0.2, 0.25) is 0 Å². The molecule has 3 nitrogen and oxygen atoms in total. The molecule has 1 aromatic heterocycles. The molecule has 0 aliphatic carbocycles. The summed E-state index contributed by atoms with van der Waals surface area (Å²) in [6.07, 6.45) is 0.559. The number of thiophene rings is 1. The van der Waals surface area contributed by atoms with Gasteiger partial charge in [0, 0.05) is 24.0 Å². The monoisotopic (exact) mass is 270 g/mol. The lowest BCUT2D eigenvalue weighted by molar-refractivity contribution is 0.127. The Morgan fingerprint density at radius 3 is 2.56 bits per heavy atom. The van der Waals surface area contributed by atoms with Crippen molar-refractivity contribution in [2.24, 2.45) is 0 Å². The van der Waals surface area contributed by atoms with Crippen LogP contribution in [0, 0.1) is 0 Å². The highest BCUT2D eigenvalue weighted by Crippen LogP contribution is 2.23. The number of rotatable bonds is 9. The summed E-state index contributed by atoms with van der Waals surface area (Å²) in [5.74, 6) is 0. The number of likely N-dealkylation sites (N-methyl/N-ethyl adjacent to an activating group) is 1. The lowest BCUT2D eigenvalue weighted by Crippen LogP contribution is -2.39. The normalized spacial score (nSPS) is 14.9. The number of aliphatic hydroxyl groups excluding tert-OH is 1. The van der Waals surface area contributed by atoms with E-state index in [1.54, 1.807) is 11.3 Å². The van der Waals surface area contributed by atoms with Gasteiger partial charge in [-0.3, -0.25) is 0 Å². The summed E-state index contributed by atoms with van der Waals surface area (Å²) in [7, 11) is 0. The van der Waals surface area contributed by atoms with Crippen molar-refractivity contribution < 1.29 is 5.11 Å². The molecule has 4 heteroatoms. The Kier molecular flexibility index (Phi) is 7.51. The van der Waals surface area contributed by atoms with Crippen molar-refractivity contribution in [1.29, 1.82) is 0 Å². The lowest BCUT2D eigenvalue weighted by Gasteiger charge is -2.24. The van der Waals surface area contributed by atoms with Crippen molar-refractivity contribution in [3.05, 3.63) is 22.4 Å². The molecule has 0 spiro atoms. The van der Waals surface area contributed by atoms with Crippen molar-refractivity contribution in [1.82, 2.24) is 10.2 Å². The van der Waals surface area contributed by atoms with E-state index in [0.29, 0.717) is 0 Å². The SMILES string of the molecule is CCC(NCCN(CC)CC)C(O)c1cccs1. The maximum atomic E-state index is 10.3. The summed E-state index contributed by atoms with van der Waals surface area (Å²) in [5, 5.41) is 15.8. The Bertz CT molecular complexity index is 299. The maximum absolute atomic E-state index is 10.3. The predicted molar refractivity (Wildman–Crippen MR) is 79.1 cm³/mol. The van der Waals surface area contributed by atoms with Gasteiger partial charge in [0.1, 0.15) is 6.10 Å². The average Bonchev–Trinajstić information content (AvgIpc) is 2.92. The van der Waals surface area contributed by atoms with Gasteiger partial charge in [-0.1, -0.05) is 26.8 Å². The van der Waals surface area contributed by atoms with Gasteiger partial charge >= 0.3 is 0 Å². The molecule has 0 aliphatic heterocycles. The molecule has 0 saturated carbocycles. The van der Waals surface area contributed by atoms with Crippen LogP contribution in [0.3, 0.4) is 0 Å². The van der Waals surface area contributed by atoms with Gasteiger partial charge in [-0.15, -0.1) is 11.3 Å². The van der Waals surface area contributed by atoms with Crippen LogP contribution in [0.15, 0.2) is 17.5 Å². The summed E-state index contributed by atoms with van der Waals surface area (Å²) in [6.45, 7) is 10.6. The van der Waals surface area contributed by atoms with E-state index in [4.69, 9.17) is 0 Å². The smallest absolute Gasteiger partial charge is 0.103 e. The van der Waals surface area contributed by atoms with Gasteiger partial charge in [0.05, 0.1) is 0 Å². The van der Waals surface area contributed by atoms with Crippen molar-refractivity contribution in [3.8, 4) is 0 Å². The first-order valence-corrected chi connectivity index (χ1v) is 7.78. The first kappa shape index (κ1) is 15.6. The molecule has 0 aromatic carbocycles. The van der Waals surface area contributed by atoms with Crippen LogP contribution in [0.25, 0.3) is 0 Å². The second-order valence-corrected chi connectivity index (χ2v) is 5.44. The second kappa shape index (κ2) is 8.64. The van der Waals surface area contributed by atoms with Crippen LogP contribution in [-0.4, -0.2) is 42.2 Å². The molecule has 1 heterocycles. The van der Waals surface area contributed by atoms with Gasteiger partial charge in [-0.25, -0.2) is 0 Å². The van der Waals surface area contributed by atoms with E-state index < -0.39 is 0 Å². The van der Waals surface area contributed by atoms with Gasteiger partial charge in [0.2, 0.25) is 0 Å². The molecule has 2 unspecified atom stereocenters. The minimum atomic E-state index is -0.383. The summed E-state index contributed by atoms with van der Waals surface area (Å²) < 4.78 is 0. The third-order valence-electron chi connectivity index (χ3n) is 3.38. The largest absolute Gasteiger partial charge is 0.386 e. The third-order valence-corrected chi connectivity index (χ3v) is 4.33. The third kappa shape index (κ3) is 4.69. The quantitative estimate of drug-likeness (QED) is 0.724. The highest BCUT2D eigenvalue weighted by atomic mass is 32.1. The zero-order chi connectivity index (χ0) is 13.4. The van der Waals surface area contributed by atoms with E-state index >= 15 is 0 Å². The highest BCUT2D eigenvalue weighted by Gasteiger charge is 2.19. The maximum Gasteiger partial charge on any atom is 0.103 e. The van der Waals surface area contributed by atoms with E-state index in [1.807, 2.05) is 17.5 Å². The average molecular weight is 270 g/mol. The Balaban J connectivity index is 2.38. The molecular formula is C14H26N2OS. The Morgan fingerprint density at radius 2 is 2.06 bits per heavy atom.